The van der Waals surface area contributed by atoms with Crippen LogP contribution in [0.3, 0.4) is 0 Å². The highest BCUT2D eigenvalue weighted by Gasteiger charge is 2.13. The molecule has 2 heterocycles. The standard InChI is InChI=1S/C21H25N3O4/c1-14-5-6-18-17(12-27-19(18)9-14)11-21(26)28-13-20(25)22-7-4-8-24-16(3)10-15(2)23-24/h5-6,9-10,12H,4,7-8,11,13H2,1-3H3,(H,22,25). The molecule has 28 heavy (non-hydrogen) atoms. The van der Waals surface area contributed by atoms with E-state index in [9.17, 15) is 9.59 Å². The first-order chi connectivity index (χ1) is 13.4. The van der Waals surface area contributed by atoms with Gasteiger partial charge in [0.25, 0.3) is 5.91 Å². The van der Waals surface area contributed by atoms with Crippen molar-refractivity contribution in [3.05, 3.63) is 53.0 Å². The van der Waals surface area contributed by atoms with E-state index in [0.29, 0.717) is 6.54 Å². The summed E-state index contributed by atoms with van der Waals surface area (Å²) in [5, 5.41) is 8.01. The van der Waals surface area contributed by atoms with Gasteiger partial charge < -0.3 is 14.5 Å². The molecule has 7 nitrogen and oxygen atoms in total. The van der Waals surface area contributed by atoms with Crippen molar-refractivity contribution >= 4 is 22.8 Å². The van der Waals surface area contributed by atoms with Crippen LogP contribution in [0, 0.1) is 20.8 Å². The average Bonchev–Trinajstić information content (AvgIpc) is 3.18. The van der Waals surface area contributed by atoms with E-state index < -0.39 is 5.97 Å². The Labute approximate surface area is 163 Å². The second kappa shape index (κ2) is 8.73. The Morgan fingerprint density at radius 3 is 2.79 bits per heavy atom. The Balaban J connectivity index is 1.38. The second-order valence-corrected chi connectivity index (χ2v) is 6.95. The Kier molecular flexibility index (Phi) is 6.13. The molecule has 0 spiro atoms. The molecule has 0 aliphatic rings. The largest absolute Gasteiger partial charge is 0.464 e. The Morgan fingerprint density at radius 1 is 1.21 bits per heavy atom. The van der Waals surface area contributed by atoms with Crippen LogP contribution in [0.4, 0.5) is 0 Å². The van der Waals surface area contributed by atoms with Crippen LogP contribution in [0.1, 0.15) is 28.9 Å². The SMILES string of the molecule is Cc1ccc2c(CC(=O)OCC(=O)NCCCn3nc(C)cc3C)coc2c1. The number of hydrogen-bond acceptors (Lipinski definition) is 5. The number of furan rings is 1. The van der Waals surface area contributed by atoms with Crippen molar-refractivity contribution in [2.24, 2.45) is 0 Å². The monoisotopic (exact) mass is 383 g/mol. The molecule has 2 aromatic heterocycles. The first-order valence-corrected chi connectivity index (χ1v) is 9.32. The van der Waals surface area contributed by atoms with Crippen LogP contribution in [-0.4, -0.2) is 34.8 Å². The molecule has 0 fully saturated rings. The summed E-state index contributed by atoms with van der Waals surface area (Å²) >= 11 is 0. The summed E-state index contributed by atoms with van der Waals surface area (Å²) in [6.45, 7) is 6.88. The van der Waals surface area contributed by atoms with E-state index in [1.807, 2.05) is 49.7 Å². The lowest BCUT2D eigenvalue weighted by molar-refractivity contribution is -0.147. The van der Waals surface area contributed by atoms with Crippen LogP contribution in [0.15, 0.2) is 34.9 Å². The number of aromatic nitrogens is 2. The predicted molar refractivity (Wildman–Crippen MR) is 105 cm³/mol. The minimum atomic E-state index is -0.457. The van der Waals surface area contributed by atoms with Crippen LogP contribution in [0.5, 0.6) is 0 Å². The van der Waals surface area contributed by atoms with Gasteiger partial charge in [-0.25, -0.2) is 0 Å². The summed E-state index contributed by atoms with van der Waals surface area (Å²) in [4.78, 5) is 23.9. The van der Waals surface area contributed by atoms with Gasteiger partial charge in [0, 0.05) is 29.7 Å². The van der Waals surface area contributed by atoms with Gasteiger partial charge in [-0.3, -0.25) is 14.3 Å². The zero-order chi connectivity index (χ0) is 20.1. The highest BCUT2D eigenvalue weighted by Crippen LogP contribution is 2.22. The van der Waals surface area contributed by atoms with Crippen molar-refractivity contribution in [3.8, 4) is 0 Å². The molecular formula is C21H25N3O4. The molecule has 0 aliphatic carbocycles. The molecular weight excluding hydrogens is 358 g/mol. The molecule has 0 bridgehead atoms. The molecule has 1 aromatic carbocycles. The summed E-state index contributed by atoms with van der Waals surface area (Å²) in [7, 11) is 0. The van der Waals surface area contributed by atoms with E-state index >= 15 is 0 Å². The van der Waals surface area contributed by atoms with E-state index in [2.05, 4.69) is 10.4 Å². The molecule has 3 rings (SSSR count). The van der Waals surface area contributed by atoms with Crippen LogP contribution < -0.4 is 5.32 Å². The topological polar surface area (TPSA) is 86.4 Å². The number of esters is 1. The fourth-order valence-electron chi connectivity index (χ4n) is 3.09. The van der Waals surface area contributed by atoms with Crippen LogP contribution in [0.2, 0.25) is 0 Å². The maximum absolute atomic E-state index is 12.0. The molecule has 0 unspecified atom stereocenters. The number of amides is 1. The third-order valence-electron chi connectivity index (χ3n) is 4.48. The molecule has 7 heteroatoms. The molecule has 0 aliphatic heterocycles. The number of aryl methyl sites for hydroxylation is 4. The molecule has 3 aromatic rings. The maximum Gasteiger partial charge on any atom is 0.310 e. The molecule has 1 N–H and O–H groups in total. The smallest absolute Gasteiger partial charge is 0.310 e. The van der Waals surface area contributed by atoms with E-state index in [1.165, 1.54) is 0 Å². The summed E-state index contributed by atoms with van der Waals surface area (Å²) in [5.41, 5.74) is 4.66. The first-order valence-electron chi connectivity index (χ1n) is 9.32. The molecule has 1 amide bonds. The highest BCUT2D eigenvalue weighted by molar-refractivity contribution is 5.87. The predicted octanol–water partition coefficient (Wildman–Crippen LogP) is 2.85. The number of rotatable bonds is 8. The van der Waals surface area contributed by atoms with Gasteiger partial charge in [0.1, 0.15) is 5.58 Å². The highest BCUT2D eigenvalue weighted by atomic mass is 16.5. The summed E-state index contributed by atoms with van der Waals surface area (Å²) < 4.78 is 12.5. The zero-order valence-electron chi connectivity index (χ0n) is 16.4. The van der Waals surface area contributed by atoms with Gasteiger partial charge in [-0.2, -0.15) is 5.10 Å². The molecule has 0 radical (unpaired) electrons. The number of carbonyl (C=O) groups excluding carboxylic acids is 2. The van der Waals surface area contributed by atoms with Crippen molar-refractivity contribution in [1.82, 2.24) is 15.1 Å². The van der Waals surface area contributed by atoms with E-state index in [-0.39, 0.29) is 18.9 Å². The van der Waals surface area contributed by atoms with Gasteiger partial charge in [-0.15, -0.1) is 0 Å². The minimum absolute atomic E-state index is 0.0707. The fraction of sp³-hybridized carbons (Fsp3) is 0.381. The van der Waals surface area contributed by atoms with Gasteiger partial charge in [-0.1, -0.05) is 12.1 Å². The van der Waals surface area contributed by atoms with Crippen molar-refractivity contribution in [3.63, 3.8) is 0 Å². The Bertz CT molecular complexity index is 987. The van der Waals surface area contributed by atoms with Gasteiger partial charge in [0.05, 0.1) is 18.4 Å². The number of ether oxygens (including phenoxy) is 1. The molecule has 148 valence electrons. The lowest BCUT2D eigenvalue weighted by Gasteiger charge is -2.07. The fourth-order valence-corrected chi connectivity index (χ4v) is 3.09. The van der Waals surface area contributed by atoms with Crippen LogP contribution in [-0.2, 0) is 27.3 Å². The van der Waals surface area contributed by atoms with E-state index in [1.54, 1.807) is 6.26 Å². The van der Waals surface area contributed by atoms with E-state index in [0.717, 1.165) is 46.4 Å². The van der Waals surface area contributed by atoms with E-state index in [4.69, 9.17) is 9.15 Å². The Hall–Kier alpha value is -3.09. The zero-order valence-corrected chi connectivity index (χ0v) is 16.4. The number of nitrogens with one attached hydrogen (secondary N) is 1. The summed E-state index contributed by atoms with van der Waals surface area (Å²) in [5.74, 6) is -0.768. The van der Waals surface area contributed by atoms with Crippen molar-refractivity contribution in [1.29, 1.82) is 0 Å². The van der Waals surface area contributed by atoms with Crippen molar-refractivity contribution in [2.75, 3.05) is 13.2 Å². The van der Waals surface area contributed by atoms with Gasteiger partial charge >= 0.3 is 5.97 Å². The number of carbonyl (C=O) groups is 2. The van der Waals surface area contributed by atoms with Crippen molar-refractivity contribution < 1.29 is 18.7 Å². The van der Waals surface area contributed by atoms with Gasteiger partial charge in [0.15, 0.2) is 6.61 Å². The lowest BCUT2D eigenvalue weighted by Crippen LogP contribution is -2.30. The average molecular weight is 383 g/mol. The normalized spacial score (nSPS) is 11.0. The lowest BCUT2D eigenvalue weighted by atomic mass is 10.1. The quantitative estimate of drug-likeness (QED) is 0.477. The first kappa shape index (κ1) is 19.7. The molecule has 0 atom stereocenters. The Morgan fingerprint density at radius 2 is 2.04 bits per heavy atom. The number of benzene rings is 1. The van der Waals surface area contributed by atoms with Crippen LogP contribution in [0.25, 0.3) is 11.0 Å². The van der Waals surface area contributed by atoms with Crippen LogP contribution >= 0.6 is 0 Å². The van der Waals surface area contributed by atoms with Gasteiger partial charge in [0.2, 0.25) is 0 Å². The third kappa shape index (κ3) is 5.00. The summed E-state index contributed by atoms with van der Waals surface area (Å²) in [6.07, 6.45) is 2.38. The summed E-state index contributed by atoms with van der Waals surface area (Å²) in [6, 6.07) is 7.82. The molecule has 0 saturated heterocycles. The molecule has 0 saturated carbocycles. The number of hydrogen-bond donors (Lipinski definition) is 1. The second-order valence-electron chi connectivity index (χ2n) is 6.95. The van der Waals surface area contributed by atoms with Crippen molar-refractivity contribution in [2.45, 2.75) is 40.2 Å². The third-order valence-corrected chi connectivity index (χ3v) is 4.48. The number of nitrogens with zero attached hydrogens (tertiary/aromatic N) is 2. The minimum Gasteiger partial charge on any atom is -0.464 e. The van der Waals surface area contributed by atoms with Gasteiger partial charge in [-0.05, 0) is 44.9 Å². The number of fused-ring (bicyclic) bond motifs is 1. The maximum atomic E-state index is 12.0.